The minimum atomic E-state index is -1.23. The molecule has 1 N–H and O–H groups in total. The number of aryl methyl sites for hydroxylation is 2. The molecule has 0 aromatic heterocycles. The highest BCUT2D eigenvalue weighted by Gasteiger charge is 2.09. The molecule has 0 bridgehead atoms. The van der Waals surface area contributed by atoms with Crippen LogP contribution in [0.2, 0.25) is 6.04 Å². The van der Waals surface area contributed by atoms with Gasteiger partial charge in [-0.2, -0.15) is 0 Å². The first-order chi connectivity index (χ1) is 12.6. The number of unbranched alkanes of at least 4 members (excludes halogenated alkanes) is 4. The van der Waals surface area contributed by atoms with Gasteiger partial charge in [-0.3, -0.25) is 0 Å². The van der Waals surface area contributed by atoms with Gasteiger partial charge >= 0.3 is 0 Å². The molecule has 2 rings (SSSR count). The van der Waals surface area contributed by atoms with Crippen LogP contribution in [0.15, 0.2) is 42.5 Å². The molecule has 4 heteroatoms. The Kier molecular flexibility index (Phi) is 9.59. The predicted molar refractivity (Wildman–Crippen MR) is 117 cm³/mol. The second-order valence-corrected chi connectivity index (χ2v) is 11.4. The fraction of sp³-hybridized carbons (Fsp3) is 0.455. The van der Waals surface area contributed by atoms with Crippen molar-refractivity contribution in [2.24, 2.45) is 0 Å². The summed E-state index contributed by atoms with van der Waals surface area (Å²) in [5.41, 5.74) is 4.96. The topological polar surface area (TPSA) is 20.2 Å². The molecule has 0 saturated heterocycles. The molecule has 1 radical (unpaired) electrons. The van der Waals surface area contributed by atoms with Crippen molar-refractivity contribution in [2.45, 2.75) is 64.3 Å². The lowest BCUT2D eigenvalue weighted by atomic mass is 9.95. The van der Waals surface area contributed by atoms with Crippen LogP contribution in [0.25, 0.3) is 11.1 Å². The normalized spacial score (nSPS) is 11.2. The summed E-state index contributed by atoms with van der Waals surface area (Å²) in [6, 6.07) is 15.4. The van der Waals surface area contributed by atoms with Gasteiger partial charge in [-0.15, -0.1) is 22.2 Å². The number of phenols is 1. The van der Waals surface area contributed by atoms with E-state index in [9.17, 15) is 5.11 Å². The number of halogens is 2. The molecule has 0 spiro atoms. The van der Waals surface area contributed by atoms with Gasteiger partial charge in [0.05, 0.1) is 0 Å². The Morgan fingerprint density at radius 1 is 0.846 bits per heavy atom. The number of phenolic OH excluding ortho intramolecular Hbond substituents is 1. The van der Waals surface area contributed by atoms with Crippen molar-refractivity contribution >= 4 is 29.6 Å². The van der Waals surface area contributed by atoms with Gasteiger partial charge in [-0.25, -0.2) is 0 Å². The lowest BCUT2D eigenvalue weighted by Crippen LogP contribution is -1.96. The van der Waals surface area contributed by atoms with Crippen LogP contribution in [0.1, 0.15) is 56.6 Å². The van der Waals surface area contributed by atoms with E-state index >= 15 is 0 Å². The maximum absolute atomic E-state index is 9.85. The lowest BCUT2D eigenvalue weighted by Gasteiger charge is -2.11. The molecule has 0 atom stereocenters. The Hall–Kier alpha value is -0.963. The average molecular weight is 408 g/mol. The molecule has 2 aromatic carbocycles. The van der Waals surface area contributed by atoms with Crippen LogP contribution in [0.4, 0.5) is 0 Å². The SMILES string of the molecule is CCCCCCCc1ccc(-c2ccc(O)cc2CCC[Si](Cl)Cl)cc1. The summed E-state index contributed by atoms with van der Waals surface area (Å²) < 4.78 is 0. The van der Waals surface area contributed by atoms with Crippen LogP contribution in [0.3, 0.4) is 0 Å². The third-order valence-corrected chi connectivity index (χ3v) is 6.60. The van der Waals surface area contributed by atoms with Crippen molar-refractivity contribution in [1.29, 1.82) is 0 Å². The second kappa shape index (κ2) is 11.7. The van der Waals surface area contributed by atoms with Crippen molar-refractivity contribution in [1.82, 2.24) is 0 Å². The fourth-order valence-corrected chi connectivity index (χ4v) is 4.51. The first-order valence-electron chi connectivity index (χ1n) is 9.68. The Morgan fingerprint density at radius 2 is 1.58 bits per heavy atom. The number of rotatable bonds is 11. The van der Waals surface area contributed by atoms with E-state index in [1.54, 1.807) is 6.07 Å². The van der Waals surface area contributed by atoms with E-state index in [4.69, 9.17) is 22.2 Å². The highest BCUT2D eigenvalue weighted by molar-refractivity contribution is 7.33. The van der Waals surface area contributed by atoms with Gasteiger partial charge in [0.2, 0.25) is 0 Å². The van der Waals surface area contributed by atoms with Crippen LogP contribution >= 0.6 is 22.2 Å². The molecule has 0 aliphatic carbocycles. The van der Waals surface area contributed by atoms with E-state index < -0.39 is 7.42 Å². The standard InChI is InChI=1S/C22H29Cl2OSi/c1-2-3-4-5-6-8-18-10-12-19(13-11-18)22-15-14-21(25)17-20(22)9-7-16-26(23)24/h10-15,17,25H,2-9,16H2,1H3. The molecule has 141 valence electrons. The van der Waals surface area contributed by atoms with Crippen molar-refractivity contribution < 1.29 is 5.11 Å². The average Bonchev–Trinajstić information content (AvgIpc) is 2.62. The highest BCUT2D eigenvalue weighted by atomic mass is 35.7. The molecular formula is C22H29Cl2OSi. The molecule has 0 fully saturated rings. The molecule has 2 aromatic rings. The van der Waals surface area contributed by atoms with E-state index in [2.05, 4.69) is 31.2 Å². The quantitative estimate of drug-likeness (QED) is 0.232. The van der Waals surface area contributed by atoms with Crippen LogP contribution in [0.5, 0.6) is 5.75 Å². The summed E-state index contributed by atoms with van der Waals surface area (Å²) in [6.45, 7) is 2.25. The maximum atomic E-state index is 9.85. The van der Waals surface area contributed by atoms with Crippen LogP contribution < -0.4 is 0 Å². The molecule has 26 heavy (non-hydrogen) atoms. The Bertz CT molecular complexity index is 656. The fourth-order valence-electron chi connectivity index (χ4n) is 3.26. The number of benzene rings is 2. The van der Waals surface area contributed by atoms with Crippen LogP contribution in [-0.2, 0) is 12.8 Å². The molecule has 0 saturated carbocycles. The number of hydrogen-bond donors (Lipinski definition) is 1. The van der Waals surface area contributed by atoms with Crippen LogP contribution in [-0.4, -0.2) is 12.5 Å². The zero-order valence-corrected chi connectivity index (χ0v) is 18.1. The first kappa shape index (κ1) is 21.3. The Balaban J connectivity index is 2.01. The van der Waals surface area contributed by atoms with Crippen molar-refractivity contribution in [3.05, 3.63) is 53.6 Å². The number of hydrogen-bond acceptors (Lipinski definition) is 1. The van der Waals surface area contributed by atoms with Crippen molar-refractivity contribution in [2.75, 3.05) is 0 Å². The minimum absolute atomic E-state index is 0.315. The Morgan fingerprint density at radius 3 is 2.27 bits per heavy atom. The molecular weight excluding hydrogens is 379 g/mol. The van der Waals surface area contributed by atoms with Gasteiger partial charge < -0.3 is 5.11 Å². The zero-order chi connectivity index (χ0) is 18.8. The molecule has 1 nitrogen and oxygen atoms in total. The summed E-state index contributed by atoms with van der Waals surface area (Å²) in [6.07, 6.45) is 9.57. The summed E-state index contributed by atoms with van der Waals surface area (Å²) >= 11 is 11.9. The third kappa shape index (κ3) is 7.34. The first-order valence-corrected chi connectivity index (χ1v) is 13.4. The largest absolute Gasteiger partial charge is 0.508 e. The minimum Gasteiger partial charge on any atom is -0.508 e. The highest BCUT2D eigenvalue weighted by Crippen LogP contribution is 2.29. The van der Waals surface area contributed by atoms with Gasteiger partial charge in [0, 0.05) is 0 Å². The van der Waals surface area contributed by atoms with E-state index in [1.807, 2.05) is 12.1 Å². The summed E-state index contributed by atoms with van der Waals surface area (Å²) in [7, 11) is -1.23. The van der Waals surface area contributed by atoms with Gasteiger partial charge in [-0.05, 0) is 66.1 Å². The van der Waals surface area contributed by atoms with E-state index in [0.717, 1.165) is 30.9 Å². The zero-order valence-electron chi connectivity index (χ0n) is 15.6. The lowest BCUT2D eigenvalue weighted by molar-refractivity contribution is 0.474. The summed E-state index contributed by atoms with van der Waals surface area (Å²) in [4.78, 5) is 0. The monoisotopic (exact) mass is 407 g/mol. The van der Waals surface area contributed by atoms with Gasteiger partial charge in [-0.1, -0.05) is 62.9 Å². The van der Waals surface area contributed by atoms with E-state index in [1.165, 1.54) is 48.8 Å². The molecule has 0 amide bonds. The molecule has 0 heterocycles. The van der Waals surface area contributed by atoms with E-state index in [0.29, 0.717) is 5.75 Å². The summed E-state index contributed by atoms with van der Waals surface area (Å²) in [5, 5.41) is 9.85. The smallest absolute Gasteiger partial charge is 0.273 e. The predicted octanol–water partition coefficient (Wildman–Crippen LogP) is 7.47. The van der Waals surface area contributed by atoms with Crippen molar-refractivity contribution in [3.63, 3.8) is 0 Å². The Labute approximate surface area is 169 Å². The van der Waals surface area contributed by atoms with Crippen LogP contribution in [0, 0.1) is 0 Å². The van der Waals surface area contributed by atoms with Crippen molar-refractivity contribution in [3.8, 4) is 16.9 Å². The van der Waals surface area contributed by atoms with Gasteiger partial charge in [0.25, 0.3) is 7.42 Å². The molecule has 0 unspecified atom stereocenters. The third-order valence-electron chi connectivity index (χ3n) is 4.73. The summed E-state index contributed by atoms with van der Waals surface area (Å²) in [5.74, 6) is 0.315. The molecule has 0 aliphatic rings. The number of aromatic hydroxyl groups is 1. The second-order valence-electron chi connectivity index (χ2n) is 6.89. The van der Waals surface area contributed by atoms with Gasteiger partial charge in [0.1, 0.15) is 5.75 Å². The van der Waals surface area contributed by atoms with E-state index in [-0.39, 0.29) is 0 Å². The maximum Gasteiger partial charge on any atom is 0.273 e. The van der Waals surface area contributed by atoms with Gasteiger partial charge in [0.15, 0.2) is 0 Å². The molecule has 0 aliphatic heterocycles.